The monoisotopic (exact) mass is 255 g/mol. The van der Waals surface area contributed by atoms with Crippen LogP contribution in [0.3, 0.4) is 0 Å². The van der Waals surface area contributed by atoms with Crippen LogP contribution < -0.4 is 11.1 Å². The number of hydrogen-bond donors (Lipinski definition) is 2. The topological polar surface area (TPSA) is 68.0 Å². The Morgan fingerprint density at radius 1 is 1.59 bits per heavy atom. The second kappa shape index (κ2) is 5.60. The summed E-state index contributed by atoms with van der Waals surface area (Å²) in [5, 5.41) is 5.92. The van der Waals surface area contributed by atoms with Crippen molar-refractivity contribution in [1.29, 1.82) is 0 Å². The first-order chi connectivity index (χ1) is 7.80. The van der Waals surface area contributed by atoms with E-state index in [2.05, 4.69) is 36.5 Å². The minimum Gasteiger partial charge on any atom is -0.354 e. The molecular formula is C12H21N3OS. The molecular weight excluding hydrogens is 234 g/mol. The van der Waals surface area contributed by atoms with Crippen molar-refractivity contribution in [2.24, 2.45) is 5.73 Å². The van der Waals surface area contributed by atoms with Crippen LogP contribution in [0.15, 0.2) is 5.38 Å². The molecule has 0 aliphatic carbocycles. The van der Waals surface area contributed by atoms with E-state index in [0.717, 1.165) is 17.1 Å². The van der Waals surface area contributed by atoms with Gasteiger partial charge in [0.2, 0.25) is 5.91 Å². The molecule has 96 valence electrons. The van der Waals surface area contributed by atoms with Crippen LogP contribution in [0.25, 0.3) is 0 Å². The van der Waals surface area contributed by atoms with Crippen molar-refractivity contribution in [1.82, 2.24) is 10.3 Å². The second-order valence-corrected chi connectivity index (χ2v) is 6.15. The molecule has 0 aromatic carbocycles. The molecule has 1 atom stereocenters. The van der Waals surface area contributed by atoms with E-state index in [1.165, 1.54) is 0 Å². The standard InChI is InChI=1S/C12H21N3OS/c1-8(13)11(16)14-6-5-10-15-9(7-17-10)12(2,3)4/h7-8H,5-6,13H2,1-4H3,(H,14,16)/t8-/m1/s1. The molecule has 0 radical (unpaired) electrons. The third-order valence-corrected chi connectivity index (χ3v) is 3.28. The molecule has 5 heteroatoms. The van der Waals surface area contributed by atoms with Gasteiger partial charge in [0.1, 0.15) is 0 Å². The molecule has 0 fully saturated rings. The SMILES string of the molecule is C[C@@H](N)C(=O)NCCc1nc(C(C)(C)C)cs1. The zero-order valence-electron chi connectivity index (χ0n) is 10.9. The normalized spacial score (nSPS) is 13.5. The van der Waals surface area contributed by atoms with Crippen molar-refractivity contribution < 1.29 is 4.79 Å². The summed E-state index contributed by atoms with van der Waals surface area (Å²) in [7, 11) is 0. The maximum Gasteiger partial charge on any atom is 0.236 e. The van der Waals surface area contributed by atoms with Crippen molar-refractivity contribution in [2.45, 2.75) is 45.6 Å². The van der Waals surface area contributed by atoms with Crippen LogP contribution in [0.5, 0.6) is 0 Å². The summed E-state index contributed by atoms with van der Waals surface area (Å²) in [4.78, 5) is 15.8. The maximum absolute atomic E-state index is 11.2. The highest BCUT2D eigenvalue weighted by Crippen LogP contribution is 2.23. The van der Waals surface area contributed by atoms with Gasteiger partial charge in [-0.2, -0.15) is 0 Å². The Morgan fingerprint density at radius 3 is 2.71 bits per heavy atom. The van der Waals surface area contributed by atoms with Gasteiger partial charge in [-0.15, -0.1) is 11.3 Å². The van der Waals surface area contributed by atoms with Crippen LogP contribution in [0, 0.1) is 0 Å². The fourth-order valence-electron chi connectivity index (χ4n) is 1.22. The van der Waals surface area contributed by atoms with Gasteiger partial charge in [-0.05, 0) is 6.92 Å². The molecule has 1 aromatic heterocycles. The van der Waals surface area contributed by atoms with Crippen LogP contribution in [0.2, 0.25) is 0 Å². The molecule has 0 bridgehead atoms. The third-order valence-electron chi connectivity index (χ3n) is 2.37. The predicted octanol–water partition coefficient (Wildman–Crippen LogP) is 1.45. The molecule has 17 heavy (non-hydrogen) atoms. The van der Waals surface area contributed by atoms with Gasteiger partial charge < -0.3 is 11.1 Å². The van der Waals surface area contributed by atoms with E-state index in [1.807, 2.05) is 0 Å². The average molecular weight is 255 g/mol. The highest BCUT2D eigenvalue weighted by molar-refractivity contribution is 7.09. The van der Waals surface area contributed by atoms with Gasteiger partial charge in [-0.25, -0.2) is 4.98 Å². The van der Waals surface area contributed by atoms with Crippen molar-refractivity contribution in [3.8, 4) is 0 Å². The summed E-state index contributed by atoms with van der Waals surface area (Å²) in [6.45, 7) is 8.70. The number of hydrogen-bond acceptors (Lipinski definition) is 4. The van der Waals surface area contributed by atoms with Crippen molar-refractivity contribution in [2.75, 3.05) is 6.54 Å². The number of nitrogens with one attached hydrogen (secondary N) is 1. The summed E-state index contributed by atoms with van der Waals surface area (Å²) in [5.74, 6) is -0.113. The smallest absolute Gasteiger partial charge is 0.236 e. The lowest BCUT2D eigenvalue weighted by molar-refractivity contribution is -0.121. The number of carbonyl (C=O) groups excluding carboxylic acids is 1. The van der Waals surface area contributed by atoms with Crippen LogP contribution in [0.1, 0.15) is 38.4 Å². The van der Waals surface area contributed by atoms with Gasteiger partial charge in [-0.3, -0.25) is 4.79 Å². The molecule has 1 rings (SSSR count). The molecule has 1 aromatic rings. The summed E-state index contributed by atoms with van der Waals surface area (Å²) in [6.07, 6.45) is 0.763. The lowest BCUT2D eigenvalue weighted by Crippen LogP contribution is -2.39. The highest BCUT2D eigenvalue weighted by Gasteiger charge is 2.17. The zero-order valence-corrected chi connectivity index (χ0v) is 11.7. The van der Waals surface area contributed by atoms with Crippen LogP contribution in [-0.4, -0.2) is 23.5 Å². The van der Waals surface area contributed by atoms with Gasteiger partial charge in [-0.1, -0.05) is 20.8 Å². The van der Waals surface area contributed by atoms with E-state index < -0.39 is 6.04 Å². The average Bonchev–Trinajstić information content (AvgIpc) is 2.65. The zero-order chi connectivity index (χ0) is 13.1. The number of nitrogens with zero attached hydrogens (tertiary/aromatic N) is 1. The largest absolute Gasteiger partial charge is 0.354 e. The molecule has 1 heterocycles. The van der Waals surface area contributed by atoms with E-state index in [1.54, 1.807) is 18.3 Å². The van der Waals surface area contributed by atoms with Gasteiger partial charge in [0.05, 0.1) is 16.7 Å². The summed E-state index contributed by atoms with van der Waals surface area (Å²) >= 11 is 1.64. The predicted molar refractivity (Wildman–Crippen MR) is 71.2 cm³/mol. The summed E-state index contributed by atoms with van der Waals surface area (Å²) in [6, 6.07) is -0.448. The van der Waals surface area contributed by atoms with E-state index in [-0.39, 0.29) is 11.3 Å². The first kappa shape index (κ1) is 14.1. The lowest BCUT2D eigenvalue weighted by Gasteiger charge is -2.14. The van der Waals surface area contributed by atoms with Crippen molar-refractivity contribution >= 4 is 17.2 Å². The Hall–Kier alpha value is -0.940. The van der Waals surface area contributed by atoms with Crippen molar-refractivity contribution in [3.63, 3.8) is 0 Å². The fraction of sp³-hybridized carbons (Fsp3) is 0.667. The number of carbonyl (C=O) groups is 1. The quantitative estimate of drug-likeness (QED) is 0.855. The first-order valence-corrected chi connectivity index (χ1v) is 6.67. The number of nitrogens with two attached hydrogens (primary N) is 1. The van der Waals surface area contributed by atoms with Gasteiger partial charge in [0.25, 0.3) is 0 Å². The summed E-state index contributed by atoms with van der Waals surface area (Å²) < 4.78 is 0. The first-order valence-electron chi connectivity index (χ1n) is 5.79. The molecule has 3 N–H and O–H groups in total. The summed E-state index contributed by atoms with van der Waals surface area (Å²) in [5.41, 5.74) is 6.65. The molecule has 4 nitrogen and oxygen atoms in total. The molecule has 0 aliphatic rings. The molecule has 1 amide bonds. The third kappa shape index (κ3) is 4.44. The minimum atomic E-state index is -0.448. The number of rotatable bonds is 4. The Balaban J connectivity index is 2.43. The van der Waals surface area contributed by atoms with Gasteiger partial charge >= 0.3 is 0 Å². The van der Waals surface area contributed by atoms with E-state index in [9.17, 15) is 4.79 Å². The molecule has 0 unspecified atom stereocenters. The van der Waals surface area contributed by atoms with E-state index >= 15 is 0 Å². The lowest BCUT2D eigenvalue weighted by atomic mass is 9.93. The Kier molecular flexibility index (Phi) is 4.65. The number of amides is 1. The Labute approximate surface area is 107 Å². The highest BCUT2D eigenvalue weighted by atomic mass is 32.1. The van der Waals surface area contributed by atoms with Gasteiger partial charge in [0.15, 0.2) is 0 Å². The second-order valence-electron chi connectivity index (χ2n) is 5.21. The van der Waals surface area contributed by atoms with Crippen LogP contribution in [-0.2, 0) is 16.6 Å². The Morgan fingerprint density at radius 2 is 2.24 bits per heavy atom. The van der Waals surface area contributed by atoms with Gasteiger partial charge in [0, 0.05) is 23.8 Å². The molecule has 0 aliphatic heterocycles. The fourth-order valence-corrected chi connectivity index (χ4v) is 2.25. The number of aromatic nitrogens is 1. The minimum absolute atomic E-state index is 0.0871. The molecule has 0 saturated carbocycles. The van der Waals surface area contributed by atoms with E-state index in [0.29, 0.717) is 6.54 Å². The Bertz CT molecular complexity index is 379. The van der Waals surface area contributed by atoms with Crippen LogP contribution >= 0.6 is 11.3 Å². The van der Waals surface area contributed by atoms with Crippen molar-refractivity contribution in [3.05, 3.63) is 16.1 Å². The van der Waals surface area contributed by atoms with Crippen LogP contribution in [0.4, 0.5) is 0 Å². The van der Waals surface area contributed by atoms with E-state index in [4.69, 9.17) is 5.73 Å². The number of thiazole rings is 1. The maximum atomic E-state index is 11.2. The molecule has 0 saturated heterocycles. The molecule has 0 spiro atoms.